The normalized spacial score (nSPS) is 16.5. The van der Waals surface area contributed by atoms with Gasteiger partial charge in [0.05, 0.1) is 11.3 Å². The molecule has 2 atom stereocenters. The average Bonchev–Trinajstić information content (AvgIpc) is 3.04. The number of benzene rings is 2. The minimum absolute atomic E-state index is 0.285. The zero-order valence-electron chi connectivity index (χ0n) is 27.3. The molecule has 232 valence electrons. The van der Waals surface area contributed by atoms with Crippen LogP contribution in [0.4, 0.5) is 0 Å². The van der Waals surface area contributed by atoms with Crippen molar-refractivity contribution in [3.63, 3.8) is 0 Å². The fourth-order valence-electron chi connectivity index (χ4n) is 6.15. The molecule has 0 spiro atoms. The Morgan fingerprint density at radius 1 is 1.00 bits per heavy atom. The van der Waals surface area contributed by atoms with E-state index in [0.29, 0.717) is 16.7 Å². The van der Waals surface area contributed by atoms with Crippen LogP contribution in [0.15, 0.2) is 99.6 Å². The molecule has 3 heterocycles. The molecule has 2 unspecified atom stereocenters. The van der Waals surface area contributed by atoms with Crippen LogP contribution < -0.4 is 27.4 Å². The van der Waals surface area contributed by atoms with Crippen molar-refractivity contribution in [3.05, 3.63) is 145 Å². The number of hydrogen-bond donors (Lipinski definition) is 2. The van der Waals surface area contributed by atoms with Crippen LogP contribution in [0.5, 0.6) is 0 Å². The summed E-state index contributed by atoms with van der Waals surface area (Å²) < 4.78 is 5.94. The van der Waals surface area contributed by atoms with Gasteiger partial charge in [0.25, 0.3) is 0 Å². The summed E-state index contributed by atoms with van der Waals surface area (Å²) in [7, 11) is 0. The van der Waals surface area contributed by atoms with Gasteiger partial charge in [-0.25, -0.2) is 10.6 Å². The van der Waals surface area contributed by atoms with Gasteiger partial charge < -0.3 is 9.73 Å². The maximum atomic E-state index is 13.8. The van der Waals surface area contributed by atoms with Gasteiger partial charge in [-0.05, 0) is 80.5 Å². The molecule has 2 aromatic heterocycles. The van der Waals surface area contributed by atoms with Gasteiger partial charge in [-0.2, -0.15) is 0 Å². The number of nitrogens with one attached hydrogen (secondary N) is 1. The number of nitrogens with two attached hydrogens (primary N) is 1. The van der Waals surface area contributed by atoms with E-state index in [4.69, 9.17) is 10.3 Å². The lowest BCUT2D eigenvalue weighted by Gasteiger charge is -2.41. The Labute approximate surface area is 266 Å². The maximum Gasteiger partial charge on any atom is 0.340 e. The third kappa shape index (κ3) is 6.29. The quantitative estimate of drug-likeness (QED) is 0.245. The second-order valence-electron chi connectivity index (χ2n) is 11.9. The van der Waals surface area contributed by atoms with Crippen LogP contribution in [-0.2, 0) is 0 Å². The fourth-order valence-corrected chi connectivity index (χ4v) is 6.15. The lowest BCUT2D eigenvalue weighted by Crippen LogP contribution is -2.47. The minimum Gasteiger partial charge on any atom is -0.423 e. The molecule has 6 nitrogen and oxygen atoms in total. The average molecular weight is 601 g/mol. The number of hydrogen-bond acceptors (Lipinski definition) is 6. The van der Waals surface area contributed by atoms with Crippen molar-refractivity contribution in [2.24, 2.45) is 5.84 Å². The molecular formula is C39H44N4O2. The zero-order chi connectivity index (χ0) is 32.2. The van der Waals surface area contributed by atoms with Crippen molar-refractivity contribution in [2.45, 2.75) is 72.9 Å². The number of fused-ring (bicyclic) bond motifs is 1. The molecule has 45 heavy (non-hydrogen) atoms. The van der Waals surface area contributed by atoms with E-state index in [-0.39, 0.29) is 11.8 Å². The van der Waals surface area contributed by atoms with Crippen LogP contribution in [0, 0.1) is 20.8 Å². The first-order chi connectivity index (χ1) is 21.7. The van der Waals surface area contributed by atoms with Crippen molar-refractivity contribution in [1.29, 1.82) is 0 Å². The summed E-state index contributed by atoms with van der Waals surface area (Å²) >= 11 is 0. The van der Waals surface area contributed by atoms with Gasteiger partial charge in [-0.1, -0.05) is 87.5 Å². The fraction of sp³-hybridized carbons (Fsp3) is 0.282. The van der Waals surface area contributed by atoms with Gasteiger partial charge in [0.15, 0.2) is 0 Å². The second kappa shape index (κ2) is 13.5. The molecule has 0 saturated carbocycles. The smallest absolute Gasteiger partial charge is 0.340 e. The lowest BCUT2D eigenvalue weighted by atomic mass is 9.79. The van der Waals surface area contributed by atoms with Crippen LogP contribution in [-0.4, -0.2) is 9.99 Å². The molecule has 0 saturated heterocycles. The standard InChI is InChI=1S/C36H36N4O2.C3H8/c1-21-19-29(20-38-23(21)3)26-15-17-27(18-16-26)34(32-22(2)30-13-9-10-14-31(30)42-36(32)41)33-24(4)39-35(40(37)25(33)5)28-11-7-6-8-12-28;1-3-2/h6-8,11-20,34-35,39H,5,9-10,37H2,1-4H3;3H2,1-2H3. The Balaban J connectivity index is 0.00000128. The number of aromatic nitrogens is 1. The highest BCUT2D eigenvalue weighted by Crippen LogP contribution is 2.41. The zero-order valence-corrected chi connectivity index (χ0v) is 27.3. The van der Waals surface area contributed by atoms with Crippen molar-refractivity contribution in [1.82, 2.24) is 15.3 Å². The summed E-state index contributed by atoms with van der Waals surface area (Å²) in [5.41, 5.74) is 10.5. The first kappa shape index (κ1) is 31.7. The largest absolute Gasteiger partial charge is 0.423 e. The molecule has 6 rings (SSSR count). The number of aryl methyl sites for hydroxylation is 2. The van der Waals surface area contributed by atoms with E-state index in [9.17, 15) is 4.79 Å². The Bertz CT molecular complexity index is 1920. The molecule has 0 fully saturated rings. The van der Waals surface area contributed by atoms with E-state index >= 15 is 0 Å². The minimum atomic E-state index is -0.448. The molecule has 1 aliphatic heterocycles. The number of allylic oxidation sites excluding steroid dienone is 2. The monoisotopic (exact) mass is 600 g/mol. The maximum absolute atomic E-state index is 13.8. The third-order valence-electron chi connectivity index (χ3n) is 8.61. The van der Waals surface area contributed by atoms with Crippen molar-refractivity contribution in [3.8, 4) is 11.1 Å². The number of nitrogens with zero attached hydrogens (tertiary/aromatic N) is 2. The van der Waals surface area contributed by atoms with E-state index in [2.05, 4.69) is 74.1 Å². The van der Waals surface area contributed by atoms with E-state index in [1.54, 1.807) is 5.01 Å². The highest BCUT2D eigenvalue weighted by atomic mass is 16.4. The number of rotatable bonds is 5. The molecule has 2 aliphatic rings. The molecule has 0 amide bonds. The lowest BCUT2D eigenvalue weighted by molar-refractivity contribution is 0.222. The van der Waals surface area contributed by atoms with Crippen molar-refractivity contribution < 1.29 is 4.42 Å². The van der Waals surface area contributed by atoms with Crippen LogP contribution in [0.3, 0.4) is 0 Å². The second-order valence-corrected chi connectivity index (χ2v) is 11.9. The van der Waals surface area contributed by atoms with E-state index in [0.717, 1.165) is 68.4 Å². The predicted octanol–water partition coefficient (Wildman–Crippen LogP) is 6.80. The molecule has 4 aromatic rings. The third-order valence-corrected chi connectivity index (χ3v) is 8.61. The number of hydrazine groups is 1. The molecule has 0 bridgehead atoms. The van der Waals surface area contributed by atoms with Crippen molar-refractivity contribution in [2.75, 3.05) is 0 Å². The molecule has 2 aromatic carbocycles. The van der Waals surface area contributed by atoms with Gasteiger partial charge in [-0.15, -0.1) is 0 Å². The molecule has 1 aliphatic carbocycles. The Morgan fingerprint density at radius 3 is 2.33 bits per heavy atom. The SMILES string of the molecule is C=C1C(C(c2ccc(-c3cnc(C)c(C)c3)cc2)c2c(C)c3c(oc2=O)=CCCC=3)=C(C)NC(c2ccccc2)N1N.CCC. The molecule has 0 radical (unpaired) electrons. The summed E-state index contributed by atoms with van der Waals surface area (Å²) in [5.74, 6) is 6.28. The van der Waals surface area contributed by atoms with Gasteiger partial charge in [0, 0.05) is 39.9 Å². The van der Waals surface area contributed by atoms with Crippen LogP contribution in [0.2, 0.25) is 0 Å². The molecule has 3 N–H and O–H groups in total. The van der Waals surface area contributed by atoms with Crippen molar-refractivity contribution >= 4 is 12.2 Å². The number of pyridine rings is 1. The highest BCUT2D eigenvalue weighted by Gasteiger charge is 2.35. The predicted molar refractivity (Wildman–Crippen MR) is 184 cm³/mol. The van der Waals surface area contributed by atoms with Gasteiger partial charge in [-0.3, -0.25) is 9.99 Å². The van der Waals surface area contributed by atoms with Gasteiger partial charge >= 0.3 is 5.63 Å². The summed E-state index contributed by atoms with van der Waals surface area (Å²) in [5, 5.41) is 6.24. The summed E-state index contributed by atoms with van der Waals surface area (Å²) in [6.07, 6.45) is 8.81. The Hall–Kier alpha value is -4.68. The van der Waals surface area contributed by atoms with E-state index in [1.807, 2.05) is 63.4 Å². The first-order valence-electron chi connectivity index (χ1n) is 15.8. The molecular weight excluding hydrogens is 556 g/mol. The van der Waals surface area contributed by atoms with E-state index in [1.165, 1.54) is 6.42 Å². The highest BCUT2D eigenvalue weighted by molar-refractivity contribution is 5.65. The Kier molecular flexibility index (Phi) is 9.54. The van der Waals surface area contributed by atoms with Gasteiger partial charge in [0.1, 0.15) is 11.6 Å². The first-order valence-corrected chi connectivity index (χ1v) is 15.8. The van der Waals surface area contributed by atoms with Crippen LogP contribution in [0.25, 0.3) is 23.3 Å². The van der Waals surface area contributed by atoms with Crippen LogP contribution in [0.1, 0.15) is 85.6 Å². The molecule has 6 heteroatoms. The Morgan fingerprint density at radius 2 is 1.67 bits per heavy atom. The van der Waals surface area contributed by atoms with E-state index < -0.39 is 5.92 Å². The van der Waals surface area contributed by atoms with Crippen LogP contribution >= 0.6 is 0 Å². The topological polar surface area (TPSA) is 84.4 Å². The summed E-state index contributed by atoms with van der Waals surface area (Å²) in [4.78, 5) is 18.3. The summed E-state index contributed by atoms with van der Waals surface area (Å²) in [6, 6.07) is 20.5. The van der Waals surface area contributed by atoms with Gasteiger partial charge in [0.2, 0.25) is 0 Å². The summed E-state index contributed by atoms with van der Waals surface area (Å²) in [6.45, 7) is 16.8.